The summed E-state index contributed by atoms with van der Waals surface area (Å²) in [7, 11) is 4.04. The van der Waals surface area contributed by atoms with Gasteiger partial charge in [0.25, 0.3) is 0 Å². The van der Waals surface area contributed by atoms with Crippen LogP contribution in [0.2, 0.25) is 0 Å². The molecular weight excluding hydrogens is 240 g/mol. The number of nitrogens with zero attached hydrogens (tertiary/aromatic N) is 2. The maximum Gasteiger partial charge on any atom is 0.214 e. The first-order valence-corrected chi connectivity index (χ1v) is 6.83. The molecule has 1 aliphatic rings. The summed E-state index contributed by atoms with van der Waals surface area (Å²) in [4.78, 5) is 14.6. The summed E-state index contributed by atoms with van der Waals surface area (Å²) < 4.78 is 5.66. The fourth-order valence-corrected chi connectivity index (χ4v) is 1.95. The van der Waals surface area contributed by atoms with Gasteiger partial charge in [-0.25, -0.2) is 0 Å². The smallest absolute Gasteiger partial charge is 0.214 e. The minimum atomic E-state index is 0.684. The Balaban J connectivity index is 0.000000861. The summed E-state index contributed by atoms with van der Waals surface area (Å²) in [6, 6.07) is 5.92. The molecule has 1 amide bonds. The largest absolute Gasteiger partial charge is 0.492 e. The van der Waals surface area contributed by atoms with E-state index in [0.29, 0.717) is 6.61 Å². The van der Waals surface area contributed by atoms with E-state index in [1.165, 1.54) is 5.56 Å². The second-order valence-corrected chi connectivity index (χ2v) is 4.49. The van der Waals surface area contributed by atoms with Crippen LogP contribution in [0.5, 0.6) is 5.75 Å². The molecule has 0 N–H and O–H groups in total. The van der Waals surface area contributed by atoms with Crippen LogP contribution in [0, 0.1) is 0 Å². The normalized spacial score (nSPS) is 12.8. The number of rotatable bonds is 5. The summed E-state index contributed by atoms with van der Waals surface area (Å²) in [5.41, 5.74) is 2.21. The maximum absolute atomic E-state index is 10.8. The highest BCUT2D eigenvalue weighted by molar-refractivity contribution is 5.79. The van der Waals surface area contributed by atoms with Crippen molar-refractivity contribution in [2.45, 2.75) is 20.3 Å². The van der Waals surface area contributed by atoms with Crippen LogP contribution in [0.4, 0.5) is 5.69 Å². The zero-order valence-electron chi connectivity index (χ0n) is 12.3. The van der Waals surface area contributed by atoms with Gasteiger partial charge in [0.15, 0.2) is 0 Å². The Bertz CT molecular complexity index is 405. The third kappa shape index (κ3) is 4.24. The average molecular weight is 264 g/mol. The summed E-state index contributed by atoms with van der Waals surface area (Å²) in [5.74, 6) is 0.887. The molecule has 0 fully saturated rings. The van der Waals surface area contributed by atoms with Crippen LogP contribution in [0.15, 0.2) is 18.2 Å². The van der Waals surface area contributed by atoms with Gasteiger partial charge in [-0.2, -0.15) is 0 Å². The second kappa shape index (κ2) is 7.79. The number of likely N-dealkylation sites (N-methyl/N-ethyl adjacent to an activating group) is 1. The lowest BCUT2D eigenvalue weighted by atomic mass is 10.1. The van der Waals surface area contributed by atoms with Crippen molar-refractivity contribution in [1.29, 1.82) is 0 Å². The van der Waals surface area contributed by atoms with E-state index >= 15 is 0 Å². The molecule has 4 nitrogen and oxygen atoms in total. The Kier molecular flexibility index (Phi) is 6.36. The fraction of sp³-hybridized carbons (Fsp3) is 0.533. The van der Waals surface area contributed by atoms with E-state index in [9.17, 15) is 4.79 Å². The Morgan fingerprint density at radius 3 is 2.74 bits per heavy atom. The maximum atomic E-state index is 10.8. The highest BCUT2D eigenvalue weighted by Gasteiger charge is 2.18. The van der Waals surface area contributed by atoms with Gasteiger partial charge in [0.1, 0.15) is 12.4 Å². The zero-order chi connectivity index (χ0) is 14.3. The number of ether oxygens (including phenoxy) is 1. The summed E-state index contributed by atoms with van der Waals surface area (Å²) in [6.45, 7) is 6.36. The SMILES string of the molecule is CC.CN(C)CCOc1ccc2c(c1)CCN2C=O. The molecule has 0 bridgehead atoms. The highest BCUT2D eigenvalue weighted by Crippen LogP contribution is 2.30. The zero-order valence-corrected chi connectivity index (χ0v) is 12.3. The Morgan fingerprint density at radius 2 is 2.11 bits per heavy atom. The van der Waals surface area contributed by atoms with Gasteiger partial charge < -0.3 is 14.5 Å². The third-order valence-corrected chi connectivity index (χ3v) is 2.92. The van der Waals surface area contributed by atoms with Crippen molar-refractivity contribution in [1.82, 2.24) is 4.90 Å². The summed E-state index contributed by atoms with van der Waals surface area (Å²) in [5, 5.41) is 0. The van der Waals surface area contributed by atoms with E-state index in [1.807, 2.05) is 46.1 Å². The van der Waals surface area contributed by atoms with E-state index in [0.717, 1.165) is 37.4 Å². The molecule has 0 saturated carbocycles. The van der Waals surface area contributed by atoms with E-state index in [4.69, 9.17) is 4.74 Å². The molecule has 0 unspecified atom stereocenters. The van der Waals surface area contributed by atoms with Gasteiger partial charge in [0.2, 0.25) is 6.41 Å². The molecule has 1 aliphatic heterocycles. The van der Waals surface area contributed by atoms with Crippen LogP contribution in [-0.4, -0.2) is 45.1 Å². The lowest BCUT2D eigenvalue weighted by Gasteiger charge is -2.13. The van der Waals surface area contributed by atoms with Crippen molar-refractivity contribution < 1.29 is 9.53 Å². The van der Waals surface area contributed by atoms with Crippen LogP contribution in [-0.2, 0) is 11.2 Å². The number of anilines is 1. The first-order valence-electron chi connectivity index (χ1n) is 6.83. The van der Waals surface area contributed by atoms with Gasteiger partial charge in [-0.1, -0.05) is 13.8 Å². The minimum Gasteiger partial charge on any atom is -0.492 e. The van der Waals surface area contributed by atoms with E-state index in [1.54, 1.807) is 4.90 Å². The van der Waals surface area contributed by atoms with Crippen molar-refractivity contribution in [3.05, 3.63) is 23.8 Å². The number of amides is 1. The van der Waals surface area contributed by atoms with E-state index in [-0.39, 0.29) is 0 Å². The molecule has 0 radical (unpaired) electrons. The van der Waals surface area contributed by atoms with E-state index in [2.05, 4.69) is 4.90 Å². The van der Waals surface area contributed by atoms with Gasteiger partial charge in [-0.05, 0) is 44.3 Å². The van der Waals surface area contributed by atoms with Crippen LogP contribution >= 0.6 is 0 Å². The number of hydrogen-bond acceptors (Lipinski definition) is 3. The summed E-state index contributed by atoms with van der Waals surface area (Å²) >= 11 is 0. The number of fused-ring (bicyclic) bond motifs is 1. The highest BCUT2D eigenvalue weighted by atomic mass is 16.5. The molecule has 106 valence electrons. The third-order valence-electron chi connectivity index (χ3n) is 2.92. The lowest BCUT2D eigenvalue weighted by Crippen LogP contribution is -2.19. The molecule has 0 aliphatic carbocycles. The Morgan fingerprint density at radius 1 is 1.37 bits per heavy atom. The van der Waals surface area contributed by atoms with Crippen molar-refractivity contribution in [2.24, 2.45) is 0 Å². The number of hydrogen-bond donors (Lipinski definition) is 0. The van der Waals surface area contributed by atoms with Gasteiger partial charge in [-0.3, -0.25) is 4.79 Å². The molecule has 1 aromatic carbocycles. The number of benzene rings is 1. The summed E-state index contributed by atoms with van der Waals surface area (Å²) in [6.07, 6.45) is 1.80. The van der Waals surface area contributed by atoms with Crippen molar-refractivity contribution in [2.75, 3.05) is 38.7 Å². The molecular formula is C15H24N2O2. The van der Waals surface area contributed by atoms with Crippen LogP contribution in [0.25, 0.3) is 0 Å². The van der Waals surface area contributed by atoms with Crippen LogP contribution in [0.3, 0.4) is 0 Å². The van der Waals surface area contributed by atoms with Crippen molar-refractivity contribution >= 4 is 12.1 Å². The molecule has 4 heteroatoms. The molecule has 0 atom stereocenters. The topological polar surface area (TPSA) is 32.8 Å². The minimum absolute atomic E-state index is 0.684. The van der Waals surface area contributed by atoms with Crippen LogP contribution < -0.4 is 9.64 Å². The fourth-order valence-electron chi connectivity index (χ4n) is 1.95. The average Bonchev–Trinajstić information content (AvgIpc) is 2.83. The second-order valence-electron chi connectivity index (χ2n) is 4.49. The standard InChI is InChI=1S/C13H18N2O2.C2H6/c1-14(2)7-8-17-12-3-4-13-11(9-12)5-6-15(13)10-16;1-2/h3-4,9-10H,5-8H2,1-2H3;1-2H3. The molecule has 2 rings (SSSR count). The lowest BCUT2D eigenvalue weighted by molar-refractivity contribution is -0.107. The molecule has 1 heterocycles. The molecule has 1 aromatic rings. The van der Waals surface area contributed by atoms with Crippen molar-refractivity contribution in [3.8, 4) is 5.75 Å². The predicted molar refractivity (Wildman–Crippen MR) is 79.0 cm³/mol. The number of carbonyl (C=O) groups is 1. The quantitative estimate of drug-likeness (QED) is 0.764. The van der Waals surface area contributed by atoms with Gasteiger partial charge in [0.05, 0.1) is 0 Å². The van der Waals surface area contributed by atoms with Gasteiger partial charge in [-0.15, -0.1) is 0 Å². The molecule has 0 aromatic heterocycles. The van der Waals surface area contributed by atoms with Gasteiger partial charge >= 0.3 is 0 Å². The first-order chi connectivity index (χ1) is 9.20. The Hall–Kier alpha value is -1.55. The monoisotopic (exact) mass is 264 g/mol. The molecule has 19 heavy (non-hydrogen) atoms. The van der Waals surface area contributed by atoms with Gasteiger partial charge in [0, 0.05) is 18.8 Å². The molecule has 0 spiro atoms. The Labute approximate surface area is 116 Å². The van der Waals surface area contributed by atoms with Crippen LogP contribution in [0.1, 0.15) is 19.4 Å². The van der Waals surface area contributed by atoms with Crippen molar-refractivity contribution in [3.63, 3.8) is 0 Å². The number of carbonyl (C=O) groups excluding carboxylic acids is 1. The molecule has 0 saturated heterocycles. The van der Waals surface area contributed by atoms with E-state index < -0.39 is 0 Å². The first kappa shape index (κ1) is 15.5. The predicted octanol–water partition coefficient (Wildman–Crippen LogP) is 2.17.